The molecule has 0 saturated carbocycles. The molecule has 0 aliphatic heterocycles. The molecule has 36 heavy (non-hydrogen) atoms. The minimum absolute atomic E-state index is 0.340. The number of nitrogens with one attached hydrogen (secondary N) is 1. The van der Waals surface area contributed by atoms with Crippen LogP contribution >= 0.6 is 11.6 Å². The molecule has 1 amide bonds. The Kier molecular flexibility index (Phi) is 9.32. The Bertz CT molecular complexity index is 1300. The largest absolute Gasteiger partial charge is 0.494 e. The van der Waals surface area contributed by atoms with Crippen LogP contribution in [-0.4, -0.2) is 39.4 Å². The molecular formula is C26H28ClN3O5S. The lowest BCUT2D eigenvalue weighted by atomic mass is 10.2. The molecule has 0 heterocycles. The van der Waals surface area contributed by atoms with Gasteiger partial charge in [-0.2, -0.15) is 5.10 Å². The van der Waals surface area contributed by atoms with Crippen molar-refractivity contribution >= 4 is 39.4 Å². The van der Waals surface area contributed by atoms with Crippen LogP contribution in [0.1, 0.15) is 25.0 Å². The summed E-state index contributed by atoms with van der Waals surface area (Å²) in [4.78, 5) is 12.7. The molecule has 10 heteroatoms. The maximum absolute atomic E-state index is 12.7. The van der Waals surface area contributed by atoms with E-state index in [0.717, 1.165) is 21.7 Å². The van der Waals surface area contributed by atoms with E-state index in [4.69, 9.17) is 21.1 Å². The molecule has 0 aliphatic rings. The van der Waals surface area contributed by atoms with E-state index in [1.807, 2.05) is 31.2 Å². The molecule has 0 bridgehead atoms. The van der Waals surface area contributed by atoms with Crippen LogP contribution in [0.4, 0.5) is 5.69 Å². The number of ether oxygens (including phenoxy) is 2. The van der Waals surface area contributed by atoms with Gasteiger partial charge in [0.2, 0.25) is 10.0 Å². The van der Waals surface area contributed by atoms with Gasteiger partial charge >= 0.3 is 0 Å². The molecule has 1 N–H and O–H groups in total. The van der Waals surface area contributed by atoms with Gasteiger partial charge in [-0.25, -0.2) is 13.8 Å². The number of anilines is 1. The first-order valence-corrected chi connectivity index (χ1v) is 13.4. The molecule has 0 aliphatic carbocycles. The number of nitrogens with zero attached hydrogens (tertiary/aromatic N) is 2. The number of halogens is 1. The Hall–Kier alpha value is -3.56. The SMILES string of the molecule is CCOc1ccc(N([C@H](C)C(=O)N/N=C\c2ccc(OCc3ccccc3Cl)cc2)S(C)(=O)=O)cc1. The van der Waals surface area contributed by atoms with Gasteiger partial charge in [0.15, 0.2) is 0 Å². The van der Waals surface area contributed by atoms with Crippen LogP contribution in [0.3, 0.4) is 0 Å². The predicted molar refractivity (Wildman–Crippen MR) is 142 cm³/mol. The maximum Gasteiger partial charge on any atom is 0.263 e. The monoisotopic (exact) mass is 529 g/mol. The molecule has 8 nitrogen and oxygen atoms in total. The van der Waals surface area contributed by atoms with Gasteiger partial charge in [0.05, 0.1) is 24.8 Å². The Balaban J connectivity index is 1.60. The van der Waals surface area contributed by atoms with Gasteiger partial charge in [0.25, 0.3) is 5.91 Å². The fraction of sp³-hybridized carbons (Fsp3) is 0.231. The average Bonchev–Trinajstić information content (AvgIpc) is 2.85. The molecule has 3 aromatic carbocycles. The molecule has 0 saturated heterocycles. The molecule has 0 fully saturated rings. The van der Waals surface area contributed by atoms with Crippen molar-refractivity contribution in [2.45, 2.75) is 26.5 Å². The van der Waals surface area contributed by atoms with Crippen LogP contribution in [0.15, 0.2) is 77.9 Å². The van der Waals surface area contributed by atoms with E-state index in [0.29, 0.717) is 35.4 Å². The quantitative estimate of drug-likeness (QED) is 0.289. The van der Waals surface area contributed by atoms with Crippen LogP contribution in [0.2, 0.25) is 5.02 Å². The Morgan fingerprint density at radius 2 is 1.64 bits per heavy atom. The number of carbonyl (C=O) groups excluding carboxylic acids is 1. The molecular weight excluding hydrogens is 502 g/mol. The van der Waals surface area contributed by atoms with Crippen molar-refractivity contribution in [3.8, 4) is 11.5 Å². The summed E-state index contributed by atoms with van der Waals surface area (Å²) in [6.45, 7) is 4.18. The lowest BCUT2D eigenvalue weighted by Crippen LogP contribution is -2.46. The van der Waals surface area contributed by atoms with Gasteiger partial charge < -0.3 is 9.47 Å². The highest BCUT2D eigenvalue weighted by Gasteiger charge is 2.29. The molecule has 3 aromatic rings. The van der Waals surface area contributed by atoms with Crippen molar-refractivity contribution in [1.29, 1.82) is 0 Å². The molecule has 3 rings (SSSR count). The number of carbonyl (C=O) groups is 1. The summed E-state index contributed by atoms with van der Waals surface area (Å²) in [5, 5.41) is 4.61. The molecule has 0 unspecified atom stereocenters. The summed E-state index contributed by atoms with van der Waals surface area (Å²) in [6.07, 6.45) is 2.51. The lowest BCUT2D eigenvalue weighted by Gasteiger charge is -2.27. The number of benzene rings is 3. The highest BCUT2D eigenvalue weighted by molar-refractivity contribution is 7.92. The highest BCUT2D eigenvalue weighted by Crippen LogP contribution is 2.24. The van der Waals surface area contributed by atoms with Crippen LogP contribution in [-0.2, 0) is 21.4 Å². The Labute approximate surface area is 216 Å². The number of sulfonamides is 1. The third-order valence-corrected chi connectivity index (χ3v) is 6.72. The number of amides is 1. The van der Waals surface area contributed by atoms with Crippen molar-refractivity contribution < 1.29 is 22.7 Å². The first kappa shape index (κ1) is 27.0. The van der Waals surface area contributed by atoms with Crippen LogP contribution in [0, 0.1) is 0 Å². The topological polar surface area (TPSA) is 97.3 Å². The lowest BCUT2D eigenvalue weighted by molar-refractivity contribution is -0.121. The third kappa shape index (κ3) is 7.47. The molecule has 1 atom stereocenters. The summed E-state index contributed by atoms with van der Waals surface area (Å²) >= 11 is 6.14. The van der Waals surface area contributed by atoms with E-state index in [9.17, 15) is 13.2 Å². The zero-order valence-corrected chi connectivity index (χ0v) is 21.8. The number of hydrazone groups is 1. The summed E-state index contributed by atoms with van der Waals surface area (Å²) < 4.78 is 37.1. The van der Waals surface area contributed by atoms with E-state index in [1.54, 1.807) is 48.5 Å². The normalized spacial score (nSPS) is 12.2. The van der Waals surface area contributed by atoms with Crippen molar-refractivity contribution in [2.24, 2.45) is 5.10 Å². The Morgan fingerprint density at radius 1 is 1.03 bits per heavy atom. The zero-order valence-electron chi connectivity index (χ0n) is 20.2. The van der Waals surface area contributed by atoms with Crippen molar-refractivity contribution in [3.05, 3.63) is 88.9 Å². The first-order chi connectivity index (χ1) is 17.2. The van der Waals surface area contributed by atoms with Crippen molar-refractivity contribution in [2.75, 3.05) is 17.2 Å². The average molecular weight is 530 g/mol. The van der Waals surface area contributed by atoms with Gasteiger partial charge in [0, 0.05) is 10.6 Å². The summed E-state index contributed by atoms with van der Waals surface area (Å²) in [5.74, 6) is 0.686. The second kappa shape index (κ2) is 12.4. The van der Waals surface area contributed by atoms with E-state index in [1.165, 1.54) is 13.1 Å². The molecule has 190 valence electrons. The molecule has 0 spiro atoms. The minimum Gasteiger partial charge on any atom is -0.494 e. The van der Waals surface area contributed by atoms with Gasteiger partial charge in [-0.1, -0.05) is 29.8 Å². The van der Waals surface area contributed by atoms with E-state index < -0.39 is 22.0 Å². The number of hydrogen-bond acceptors (Lipinski definition) is 6. The second-order valence-corrected chi connectivity index (χ2v) is 10.1. The van der Waals surface area contributed by atoms with Gasteiger partial charge in [-0.3, -0.25) is 9.10 Å². The number of hydrogen-bond donors (Lipinski definition) is 1. The van der Waals surface area contributed by atoms with Gasteiger partial charge in [-0.05, 0) is 74.0 Å². The van der Waals surface area contributed by atoms with Crippen LogP contribution in [0.25, 0.3) is 0 Å². The fourth-order valence-electron chi connectivity index (χ4n) is 3.36. The molecule has 0 aromatic heterocycles. The smallest absolute Gasteiger partial charge is 0.263 e. The van der Waals surface area contributed by atoms with E-state index >= 15 is 0 Å². The van der Waals surface area contributed by atoms with Crippen molar-refractivity contribution in [1.82, 2.24) is 5.43 Å². The number of rotatable bonds is 11. The van der Waals surface area contributed by atoms with Crippen LogP contribution in [0.5, 0.6) is 11.5 Å². The predicted octanol–water partition coefficient (Wildman–Crippen LogP) is 4.62. The Morgan fingerprint density at radius 3 is 2.25 bits per heavy atom. The first-order valence-electron chi connectivity index (χ1n) is 11.2. The molecule has 0 radical (unpaired) electrons. The van der Waals surface area contributed by atoms with E-state index in [-0.39, 0.29) is 0 Å². The van der Waals surface area contributed by atoms with Crippen LogP contribution < -0.4 is 19.2 Å². The summed E-state index contributed by atoms with van der Waals surface area (Å²) in [6, 6.07) is 20.0. The van der Waals surface area contributed by atoms with Crippen molar-refractivity contribution in [3.63, 3.8) is 0 Å². The van der Waals surface area contributed by atoms with Gasteiger partial charge in [0.1, 0.15) is 24.1 Å². The van der Waals surface area contributed by atoms with E-state index in [2.05, 4.69) is 10.5 Å². The zero-order chi connectivity index (χ0) is 26.1. The maximum atomic E-state index is 12.7. The standard InChI is InChI=1S/C26H28ClN3O5S/c1-4-34-23-15-11-22(12-16-23)30(36(3,32)33)19(2)26(31)29-28-17-20-9-13-24(14-10-20)35-18-21-7-5-6-8-25(21)27/h5-17,19H,4,18H2,1-3H3,(H,29,31)/b28-17-/t19-/m1/s1. The summed E-state index contributed by atoms with van der Waals surface area (Å²) in [7, 11) is -3.74. The minimum atomic E-state index is -3.74. The third-order valence-electron chi connectivity index (χ3n) is 5.11. The van der Waals surface area contributed by atoms with Gasteiger partial charge in [-0.15, -0.1) is 0 Å². The second-order valence-electron chi connectivity index (χ2n) is 7.85. The summed E-state index contributed by atoms with van der Waals surface area (Å²) in [5.41, 5.74) is 4.36. The highest BCUT2D eigenvalue weighted by atomic mass is 35.5. The fourth-order valence-corrected chi connectivity index (χ4v) is 4.72.